The van der Waals surface area contributed by atoms with Crippen LogP contribution in [0.15, 0.2) is 79.1 Å². The Labute approximate surface area is 173 Å². The Morgan fingerprint density at radius 1 is 0.926 bits per heavy atom. The SMILES string of the molecule is CC(C(=O)c1ccc(Cl)cc1)[n+]1cccc(C(=O)Nc2ccccc2)c1.[Br-]. The monoisotopic (exact) mass is 444 g/mol. The molecule has 1 unspecified atom stereocenters. The molecule has 3 aromatic rings. The average molecular weight is 446 g/mol. The Morgan fingerprint density at radius 2 is 1.59 bits per heavy atom. The maximum absolute atomic E-state index is 12.7. The number of pyridine rings is 1. The van der Waals surface area contributed by atoms with Gasteiger partial charge < -0.3 is 22.3 Å². The third-order valence-electron chi connectivity index (χ3n) is 4.07. The summed E-state index contributed by atoms with van der Waals surface area (Å²) >= 11 is 5.87. The van der Waals surface area contributed by atoms with Crippen LogP contribution in [0.3, 0.4) is 0 Å². The Kier molecular flexibility index (Phi) is 7.28. The highest BCUT2D eigenvalue weighted by Crippen LogP contribution is 2.14. The molecule has 0 saturated heterocycles. The summed E-state index contributed by atoms with van der Waals surface area (Å²) in [4.78, 5) is 25.1. The van der Waals surface area contributed by atoms with Crippen molar-refractivity contribution in [3.63, 3.8) is 0 Å². The van der Waals surface area contributed by atoms with Crippen molar-refractivity contribution in [2.24, 2.45) is 0 Å². The van der Waals surface area contributed by atoms with Gasteiger partial charge in [-0.1, -0.05) is 29.8 Å². The van der Waals surface area contributed by atoms with E-state index in [2.05, 4.69) is 5.32 Å². The Balaban J connectivity index is 0.00000261. The number of carbonyl (C=O) groups excluding carboxylic acids is 2. The number of Topliss-reactive ketones (excluding diaryl/α,β-unsaturated/α-hetero) is 1. The minimum absolute atomic E-state index is 0. The smallest absolute Gasteiger partial charge is 0.261 e. The highest BCUT2D eigenvalue weighted by atomic mass is 79.9. The summed E-state index contributed by atoms with van der Waals surface area (Å²) in [6.07, 6.45) is 3.45. The molecule has 1 aromatic heterocycles. The maximum atomic E-state index is 12.7. The van der Waals surface area contributed by atoms with Gasteiger partial charge in [-0.25, -0.2) is 0 Å². The van der Waals surface area contributed by atoms with Crippen molar-refractivity contribution in [2.75, 3.05) is 5.32 Å². The summed E-state index contributed by atoms with van der Waals surface area (Å²) in [6.45, 7) is 1.80. The lowest BCUT2D eigenvalue weighted by Gasteiger charge is -2.08. The third kappa shape index (κ3) is 5.25. The molecule has 0 aliphatic carbocycles. The first-order chi connectivity index (χ1) is 12.5. The number of nitrogens with zero attached hydrogens (tertiary/aromatic N) is 1. The minimum Gasteiger partial charge on any atom is -1.00 e. The highest BCUT2D eigenvalue weighted by Gasteiger charge is 2.24. The van der Waals surface area contributed by atoms with E-state index in [1.807, 2.05) is 30.3 Å². The lowest BCUT2D eigenvalue weighted by atomic mass is 10.1. The van der Waals surface area contributed by atoms with Gasteiger partial charge in [0.2, 0.25) is 11.8 Å². The molecule has 0 saturated carbocycles. The van der Waals surface area contributed by atoms with Gasteiger partial charge in [-0.2, -0.15) is 4.57 Å². The molecule has 0 bridgehead atoms. The second kappa shape index (κ2) is 9.44. The Bertz CT molecular complexity index is 930. The van der Waals surface area contributed by atoms with Crippen molar-refractivity contribution < 1.29 is 31.1 Å². The highest BCUT2D eigenvalue weighted by molar-refractivity contribution is 6.30. The number of para-hydroxylation sites is 1. The summed E-state index contributed by atoms with van der Waals surface area (Å²) in [7, 11) is 0. The van der Waals surface area contributed by atoms with Crippen LogP contribution in [0.5, 0.6) is 0 Å². The quantitative estimate of drug-likeness (QED) is 0.476. The van der Waals surface area contributed by atoms with Crippen LogP contribution in [0, 0.1) is 0 Å². The van der Waals surface area contributed by atoms with Crippen molar-refractivity contribution in [3.05, 3.63) is 95.3 Å². The topological polar surface area (TPSA) is 50.0 Å². The zero-order valence-corrected chi connectivity index (χ0v) is 16.9. The van der Waals surface area contributed by atoms with E-state index in [9.17, 15) is 9.59 Å². The molecule has 1 N–H and O–H groups in total. The number of carbonyl (C=O) groups is 2. The zero-order chi connectivity index (χ0) is 18.5. The molecular weight excluding hydrogens is 428 g/mol. The molecular formula is C21H18BrClN2O2. The fraction of sp³-hybridized carbons (Fsp3) is 0.0952. The van der Waals surface area contributed by atoms with Gasteiger partial charge in [0.25, 0.3) is 5.91 Å². The average Bonchev–Trinajstić information content (AvgIpc) is 2.68. The van der Waals surface area contributed by atoms with Crippen LogP contribution in [0.25, 0.3) is 0 Å². The first-order valence-corrected chi connectivity index (χ1v) is 8.59. The van der Waals surface area contributed by atoms with Crippen LogP contribution in [-0.4, -0.2) is 11.7 Å². The van der Waals surface area contributed by atoms with Gasteiger partial charge in [-0.05, 0) is 42.5 Å². The number of nitrogens with one attached hydrogen (secondary N) is 1. The van der Waals surface area contributed by atoms with Crippen LogP contribution in [0.4, 0.5) is 5.69 Å². The van der Waals surface area contributed by atoms with E-state index in [1.54, 1.807) is 60.3 Å². The van der Waals surface area contributed by atoms with Gasteiger partial charge in [0.1, 0.15) is 5.56 Å². The number of hydrogen-bond donors (Lipinski definition) is 1. The molecule has 0 aliphatic rings. The minimum atomic E-state index is -0.444. The van der Waals surface area contributed by atoms with Crippen LogP contribution in [-0.2, 0) is 0 Å². The second-order valence-corrected chi connectivity index (χ2v) is 6.34. The Hall–Kier alpha value is -2.50. The van der Waals surface area contributed by atoms with Gasteiger partial charge in [0, 0.05) is 29.3 Å². The molecule has 0 aliphatic heterocycles. The van der Waals surface area contributed by atoms with Crippen LogP contribution >= 0.6 is 11.6 Å². The van der Waals surface area contributed by atoms with Gasteiger partial charge in [0.05, 0.1) is 0 Å². The van der Waals surface area contributed by atoms with E-state index in [0.717, 1.165) is 5.69 Å². The molecule has 0 fully saturated rings. The molecule has 1 heterocycles. The zero-order valence-electron chi connectivity index (χ0n) is 14.6. The van der Waals surface area contributed by atoms with Crippen LogP contribution in [0.1, 0.15) is 33.7 Å². The number of ketones is 1. The van der Waals surface area contributed by atoms with E-state index in [-0.39, 0.29) is 28.7 Å². The normalized spacial score (nSPS) is 11.2. The lowest BCUT2D eigenvalue weighted by Crippen LogP contribution is -3.00. The number of halogens is 2. The second-order valence-electron chi connectivity index (χ2n) is 5.91. The molecule has 27 heavy (non-hydrogen) atoms. The largest absolute Gasteiger partial charge is 1.00 e. The van der Waals surface area contributed by atoms with Gasteiger partial charge >= 0.3 is 0 Å². The number of anilines is 1. The van der Waals surface area contributed by atoms with Crippen LogP contribution in [0.2, 0.25) is 5.02 Å². The van der Waals surface area contributed by atoms with Crippen molar-refractivity contribution in [2.45, 2.75) is 13.0 Å². The van der Waals surface area contributed by atoms with Gasteiger partial charge in [-0.3, -0.25) is 9.59 Å². The van der Waals surface area contributed by atoms with Gasteiger partial charge in [0.15, 0.2) is 12.4 Å². The fourth-order valence-electron chi connectivity index (χ4n) is 2.58. The van der Waals surface area contributed by atoms with Crippen molar-refractivity contribution >= 4 is 29.0 Å². The van der Waals surface area contributed by atoms with Crippen molar-refractivity contribution in [3.8, 4) is 0 Å². The van der Waals surface area contributed by atoms with E-state index >= 15 is 0 Å². The number of amides is 1. The Morgan fingerprint density at radius 3 is 2.26 bits per heavy atom. The number of rotatable bonds is 5. The molecule has 6 heteroatoms. The number of hydrogen-bond acceptors (Lipinski definition) is 2. The van der Waals surface area contributed by atoms with E-state index < -0.39 is 6.04 Å². The molecule has 0 radical (unpaired) electrons. The number of aromatic nitrogens is 1. The number of benzene rings is 2. The summed E-state index contributed by atoms with van der Waals surface area (Å²) in [5.74, 6) is -0.274. The molecule has 4 nitrogen and oxygen atoms in total. The standard InChI is InChI=1S/C21H17ClN2O2.BrH/c1-15(20(25)16-9-11-18(22)12-10-16)24-13-5-6-17(14-24)21(26)23-19-7-3-2-4-8-19;/h2-15H,1H3;1H. The summed E-state index contributed by atoms with van der Waals surface area (Å²) in [6, 6.07) is 19.0. The molecule has 2 aromatic carbocycles. The molecule has 3 rings (SSSR count). The van der Waals surface area contributed by atoms with Gasteiger partial charge in [-0.15, -0.1) is 0 Å². The van der Waals surface area contributed by atoms with E-state index in [0.29, 0.717) is 16.1 Å². The van der Waals surface area contributed by atoms with E-state index in [1.165, 1.54) is 0 Å². The molecule has 1 atom stereocenters. The molecule has 1 amide bonds. The predicted octanol–water partition coefficient (Wildman–Crippen LogP) is 1.33. The van der Waals surface area contributed by atoms with Crippen LogP contribution < -0.4 is 26.9 Å². The van der Waals surface area contributed by atoms with Crippen molar-refractivity contribution in [1.29, 1.82) is 0 Å². The van der Waals surface area contributed by atoms with Crippen molar-refractivity contribution in [1.82, 2.24) is 0 Å². The molecule has 138 valence electrons. The van der Waals surface area contributed by atoms with E-state index in [4.69, 9.17) is 11.6 Å². The fourth-order valence-corrected chi connectivity index (χ4v) is 2.71. The summed E-state index contributed by atoms with van der Waals surface area (Å²) in [5, 5.41) is 3.42. The first-order valence-electron chi connectivity index (χ1n) is 8.21. The summed E-state index contributed by atoms with van der Waals surface area (Å²) < 4.78 is 1.73. The first kappa shape index (κ1) is 20.8. The third-order valence-corrected chi connectivity index (χ3v) is 4.32. The summed E-state index contributed by atoms with van der Waals surface area (Å²) in [5.41, 5.74) is 1.78. The predicted molar refractivity (Wildman–Crippen MR) is 102 cm³/mol. The molecule has 0 spiro atoms. The maximum Gasteiger partial charge on any atom is 0.261 e. The lowest BCUT2D eigenvalue weighted by molar-refractivity contribution is -0.704.